The van der Waals surface area contributed by atoms with Gasteiger partial charge in [-0.05, 0) is 45.0 Å². The van der Waals surface area contributed by atoms with E-state index in [1.807, 2.05) is 30.3 Å². The van der Waals surface area contributed by atoms with Crippen LogP contribution in [0.2, 0.25) is 0 Å². The fourth-order valence-electron chi connectivity index (χ4n) is 3.66. The number of anilines is 1. The first-order valence-corrected chi connectivity index (χ1v) is 10.1. The van der Waals surface area contributed by atoms with Crippen molar-refractivity contribution in [2.45, 2.75) is 25.7 Å². The van der Waals surface area contributed by atoms with Gasteiger partial charge in [-0.3, -0.25) is 14.5 Å². The second-order valence-corrected chi connectivity index (χ2v) is 7.56. The third-order valence-electron chi connectivity index (χ3n) is 5.33. The van der Waals surface area contributed by atoms with E-state index in [2.05, 4.69) is 20.4 Å². The Morgan fingerprint density at radius 1 is 1.10 bits per heavy atom. The van der Waals surface area contributed by atoms with Crippen LogP contribution in [0.1, 0.15) is 41.9 Å². The number of nitrogens with zero attached hydrogens (tertiary/aromatic N) is 3. The van der Waals surface area contributed by atoms with Crippen molar-refractivity contribution in [1.29, 1.82) is 0 Å². The molecule has 0 spiro atoms. The van der Waals surface area contributed by atoms with Gasteiger partial charge in [0.15, 0.2) is 5.78 Å². The number of rotatable bonds is 6. The lowest BCUT2D eigenvalue weighted by Gasteiger charge is -2.29. The molecule has 0 unspecified atom stereocenters. The van der Waals surface area contributed by atoms with E-state index in [9.17, 15) is 9.59 Å². The maximum atomic E-state index is 12.4. The molecule has 7 heteroatoms. The Labute approximate surface area is 175 Å². The molecular weight excluding hydrogens is 380 g/mol. The van der Waals surface area contributed by atoms with Crippen molar-refractivity contribution in [2.24, 2.45) is 0 Å². The molecule has 7 nitrogen and oxygen atoms in total. The van der Waals surface area contributed by atoms with E-state index in [-0.39, 0.29) is 17.6 Å². The zero-order chi connectivity index (χ0) is 20.9. The SMILES string of the molecule is CC(=O)c1cccc(NC(=O)CN2CCC(c3nc(-c4ccccc4)no3)CC2)c1. The van der Waals surface area contributed by atoms with Crippen molar-refractivity contribution < 1.29 is 14.1 Å². The fraction of sp³-hybridized carbons (Fsp3) is 0.304. The first-order chi connectivity index (χ1) is 14.6. The van der Waals surface area contributed by atoms with Crippen LogP contribution in [0, 0.1) is 0 Å². The first kappa shape index (κ1) is 20.0. The highest BCUT2D eigenvalue weighted by Crippen LogP contribution is 2.28. The van der Waals surface area contributed by atoms with Gasteiger partial charge in [0.05, 0.1) is 6.54 Å². The summed E-state index contributed by atoms with van der Waals surface area (Å²) in [6, 6.07) is 16.8. The first-order valence-electron chi connectivity index (χ1n) is 10.1. The Balaban J connectivity index is 1.29. The normalized spacial score (nSPS) is 15.1. The molecule has 1 N–H and O–H groups in total. The van der Waals surface area contributed by atoms with Gasteiger partial charge in [0.2, 0.25) is 17.6 Å². The van der Waals surface area contributed by atoms with Gasteiger partial charge >= 0.3 is 0 Å². The van der Waals surface area contributed by atoms with Gasteiger partial charge in [-0.2, -0.15) is 4.98 Å². The molecule has 1 aromatic heterocycles. The van der Waals surface area contributed by atoms with Gasteiger partial charge in [-0.15, -0.1) is 0 Å². The van der Waals surface area contributed by atoms with Gasteiger partial charge in [0, 0.05) is 22.7 Å². The van der Waals surface area contributed by atoms with E-state index in [0.717, 1.165) is 31.5 Å². The van der Waals surface area contributed by atoms with Crippen LogP contribution in [0.3, 0.4) is 0 Å². The van der Waals surface area contributed by atoms with E-state index in [1.54, 1.807) is 24.3 Å². The maximum Gasteiger partial charge on any atom is 0.238 e. The summed E-state index contributed by atoms with van der Waals surface area (Å²) in [5.41, 5.74) is 2.17. The highest BCUT2D eigenvalue weighted by molar-refractivity contribution is 5.97. The summed E-state index contributed by atoms with van der Waals surface area (Å²) in [7, 11) is 0. The van der Waals surface area contributed by atoms with Gasteiger partial charge in [-0.1, -0.05) is 47.6 Å². The van der Waals surface area contributed by atoms with E-state index in [4.69, 9.17) is 4.52 Å². The van der Waals surface area contributed by atoms with Gasteiger partial charge in [0.25, 0.3) is 0 Å². The molecule has 1 aliphatic rings. The summed E-state index contributed by atoms with van der Waals surface area (Å²) in [6.45, 7) is 3.40. The topological polar surface area (TPSA) is 88.3 Å². The molecule has 1 amide bonds. The van der Waals surface area contributed by atoms with Crippen LogP contribution in [-0.4, -0.2) is 46.4 Å². The van der Waals surface area contributed by atoms with Crippen molar-refractivity contribution in [3.8, 4) is 11.4 Å². The lowest BCUT2D eigenvalue weighted by Crippen LogP contribution is -2.38. The molecule has 1 saturated heterocycles. The molecule has 154 valence electrons. The van der Waals surface area contributed by atoms with Crippen LogP contribution in [0.4, 0.5) is 5.69 Å². The largest absolute Gasteiger partial charge is 0.339 e. The number of amides is 1. The summed E-state index contributed by atoms with van der Waals surface area (Å²) >= 11 is 0. The Bertz CT molecular complexity index is 1020. The Kier molecular flexibility index (Phi) is 5.99. The molecule has 30 heavy (non-hydrogen) atoms. The molecule has 0 aliphatic carbocycles. The predicted octanol–water partition coefficient (Wildman–Crippen LogP) is 3.76. The van der Waals surface area contributed by atoms with Crippen molar-refractivity contribution >= 4 is 17.4 Å². The molecule has 0 saturated carbocycles. The van der Waals surface area contributed by atoms with Crippen molar-refractivity contribution in [1.82, 2.24) is 15.0 Å². The van der Waals surface area contributed by atoms with Crippen LogP contribution in [-0.2, 0) is 4.79 Å². The minimum absolute atomic E-state index is 0.0235. The molecule has 0 atom stereocenters. The van der Waals surface area contributed by atoms with Crippen LogP contribution >= 0.6 is 0 Å². The summed E-state index contributed by atoms with van der Waals surface area (Å²) in [5, 5.41) is 6.98. The monoisotopic (exact) mass is 404 g/mol. The molecule has 0 radical (unpaired) electrons. The van der Waals surface area contributed by atoms with Crippen molar-refractivity contribution in [3.63, 3.8) is 0 Å². The smallest absolute Gasteiger partial charge is 0.238 e. The Hall–Kier alpha value is -3.32. The minimum Gasteiger partial charge on any atom is -0.339 e. The fourth-order valence-corrected chi connectivity index (χ4v) is 3.66. The summed E-state index contributed by atoms with van der Waals surface area (Å²) in [5.74, 6) is 1.38. The van der Waals surface area contributed by atoms with Gasteiger partial charge < -0.3 is 9.84 Å². The summed E-state index contributed by atoms with van der Waals surface area (Å²) in [4.78, 5) is 30.6. The van der Waals surface area contributed by atoms with Crippen molar-refractivity contribution in [2.75, 3.05) is 25.0 Å². The van der Waals surface area contributed by atoms with Crippen LogP contribution in [0.15, 0.2) is 59.1 Å². The number of benzene rings is 2. The molecule has 2 aromatic carbocycles. The zero-order valence-electron chi connectivity index (χ0n) is 16.9. The number of piperidine rings is 1. The summed E-state index contributed by atoms with van der Waals surface area (Å²) < 4.78 is 5.50. The average Bonchev–Trinajstić information content (AvgIpc) is 3.25. The summed E-state index contributed by atoms with van der Waals surface area (Å²) in [6.07, 6.45) is 1.73. The molecule has 1 aliphatic heterocycles. The minimum atomic E-state index is -0.0849. The standard InChI is InChI=1S/C23H24N4O3/c1-16(28)19-8-5-9-20(14-19)24-21(29)15-27-12-10-18(11-13-27)23-25-22(26-30-23)17-6-3-2-4-7-17/h2-9,14,18H,10-13,15H2,1H3,(H,24,29). The molecular formula is C23H24N4O3. The number of aromatic nitrogens is 2. The van der Waals surface area contributed by atoms with Crippen LogP contribution in [0.25, 0.3) is 11.4 Å². The number of carbonyl (C=O) groups excluding carboxylic acids is 2. The maximum absolute atomic E-state index is 12.4. The molecule has 2 heterocycles. The second kappa shape index (κ2) is 9.00. The van der Waals surface area contributed by atoms with Crippen LogP contribution < -0.4 is 5.32 Å². The van der Waals surface area contributed by atoms with E-state index < -0.39 is 0 Å². The number of nitrogens with one attached hydrogen (secondary N) is 1. The molecule has 4 rings (SSSR count). The number of carbonyl (C=O) groups is 2. The number of hydrogen-bond acceptors (Lipinski definition) is 6. The third kappa shape index (κ3) is 4.80. The third-order valence-corrected chi connectivity index (χ3v) is 5.33. The highest BCUT2D eigenvalue weighted by atomic mass is 16.5. The lowest BCUT2D eigenvalue weighted by molar-refractivity contribution is -0.117. The average molecular weight is 404 g/mol. The quantitative estimate of drug-likeness (QED) is 0.630. The van der Waals surface area contributed by atoms with Gasteiger partial charge in [-0.25, -0.2) is 0 Å². The highest BCUT2D eigenvalue weighted by Gasteiger charge is 2.26. The Morgan fingerprint density at radius 3 is 2.60 bits per heavy atom. The number of hydrogen-bond donors (Lipinski definition) is 1. The second-order valence-electron chi connectivity index (χ2n) is 7.56. The molecule has 3 aromatic rings. The van der Waals surface area contributed by atoms with E-state index >= 15 is 0 Å². The van der Waals surface area contributed by atoms with Crippen LogP contribution in [0.5, 0.6) is 0 Å². The van der Waals surface area contributed by atoms with Crippen molar-refractivity contribution in [3.05, 3.63) is 66.1 Å². The zero-order valence-corrected chi connectivity index (χ0v) is 16.9. The number of Topliss-reactive ketones (excluding diaryl/α,β-unsaturated/α-hetero) is 1. The number of ketones is 1. The van der Waals surface area contributed by atoms with E-state index in [0.29, 0.717) is 29.5 Å². The Morgan fingerprint density at radius 2 is 1.87 bits per heavy atom. The predicted molar refractivity (Wildman–Crippen MR) is 113 cm³/mol. The molecule has 0 bridgehead atoms. The van der Waals surface area contributed by atoms with E-state index in [1.165, 1.54) is 6.92 Å². The number of likely N-dealkylation sites (tertiary alicyclic amines) is 1. The van der Waals surface area contributed by atoms with Gasteiger partial charge in [0.1, 0.15) is 0 Å². The lowest BCUT2D eigenvalue weighted by atomic mass is 9.97. The molecule has 1 fully saturated rings.